The van der Waals surface area contributed by atoms with Crippen LogP contribution >= 0.6 is 0 Å². The number of fused-ring (bicyclic) bond motifs is 7. The molecule has 1 saturated carbocycles. The molecule has 11 heteroatoms. The van der Waals surface area contributed by atoms with E-state index in [2.05, 4.69) is 40.4 Å². The van der Waals surface area contributed by atoms with Gasteiger partial charge < -0.3 is 15.0 Å². The maximum absolute atomic E-state index is 13.5. The van der Waals surface area contributed by atoms with Crippen molar-refractivity contribution in [2.24, 2.45) is 0 Å². The number of pyridine rings is 1. The number of hydrogen-bond donors (Lipinski definition) is 1. The standard InChI is InChI=1S/C29H28N8O3/c1-34-15-18-13-19(5-6-21(18)29(17-34)9-10-29)31-28-30-14-20-25(33-28)37-23-8-7-22-26(32-23)35(24(38)16-40-22)11-3-2-4-12-36(37)27(20)39/h2,4-8,13-14H,3,9-12,15-17H2,1H3,(H,30,31,33)/b4-2+. The average molecular weight is 537 g/mol. The molecule has 6 heterocycles. The molecular formula is C29H28N8O3. The van der Waals surface area contributed by atoms with E-state index in [1.54, 1.807) is 32.6 Å². The summed E-state index contributed by atoms with van der Waals surface area (Å²) in [4.78, 5) is 44.2. The Morgan fingerprint density at radius 1 is 1.07 bits per heavy atom. The summed E-state index contributed by atoms with van der Waals surface area (Å²) >= 11 is 0. The topological polar surface area (TPSA) is 110 Å². The molecule has 4 aliphatic rings. The summed E-state index contributed by atoms with van der Waals surface area (Å²) in [5.41, 5.74) is 4.24. The van der Waals surface area contributed by atoms with Gasteiger partial charge in [-0.25, -0.2) is 19.3 Å². The highest BCUT2D eigenvalue weighted by Crippen LogP contribution is 2.52. The molecule has 1 amide bonds. The Labute approximate surface area is 229 Å². The van der Waals surface area contributed by atoms with Gasteiger partial charge in [-0.1, -0.05) is 18.2 Å². The lowest BCUT2D eigenvalue weighted by Gasteiger charge is -2.32. The molecule has 4 aromatic rings. The molecule has 0 unspecified atom stereocenters. The fraction of sp³-hybridized carbons (Fsp3) is 0.345. The van der Waals surface area contributed by atoms with Crippen LogP contribution < -0.4 is 20.5 Å². The van der Waals surface area contributed by atoms with Crippen LogP contribution in [0.4, 0.5) is 17.5 Å². The van der Waals surface area contributed by atoms with E-state index in [0.29, 0.717) is 59.3 Å². The van der Waals surface area contributed by atoms with E-state index >= 15 is 0 Å². The van der Waals surface area contributed by atoms with E-state index in [0.717, 1.165) is 18.8 Å². The van der Waals surface area contributed by atoms with Gasteiger partial charge in [0.05, 0.1) is 6.54 Å². The molecule has 1 aromatic carbocycles. The van der Waals surface area contributed by atoms with Crippen LogP contribution in [0.2, 0.25) is 0 Å². The van der Waals surface area contributed by atoms with E-state index in [-0.39, 0.29) is 18.1 Å². The Bertz CT molecular complexity index is 1800. The summed E-state index contributed by atoms with van der Waals surface area (Å²) in [5, 5.41) is 3.75. The first-order chi connectivity index (χ1) is 19.5. The molecular weight excluding hydrogens is 508 g/mol. The highest BCUT2D eigenvalue weighted by Gasteiger charge is 2.48. The minimum absolute atomic E-state index is 0.0167. The number of carbonyl (C=O) groups excluding carboxylic acids is 1. The predicted molar refractivity (Wildman–Crippen MR) is 149 cm³/mol. The average Bonchev–Trinajstić information content (AvgIpc) is 3.65. The molecule has 1 N–H and O–H groups in total. The molecule has 202 valence electrons. The summed E-state index contributed by atoms with van der Waals surface area (Å²) in [7, 11) is 2.18. The molecule has 0 radical (unpaired) electrons. The third-order valence-electron chi connectivity index (χ3n) is 8.39. The first-order valence-electron chi connectivity index (χ1n) is 13.7. The SMILES string of the molecule is CN1Cc2cc(Nc3ncc4c(=O)n5n(c4n3)-c3ccc4c(n3)N(CC/C=C/C5)C(=O)CO4)ccc2C2(CC2)C1. The predicted octanol–water partition coefficient (Wildman–Crippen LogP) is 2.88. The van der Waals surface area contributed by atoms with E-state index in [1.165, 1.54) is 24.0 Å². The van der Waals surface area contributed by atoms with Crippen molar-refractivity contribution in [1.29, 1.82) is 0 Å². The number of benzene rings is 1. The smallest absolute Gasteiger partial charge is 0.278 e. The molecule has 3 aliphatic heterocycles. The van der Waals surface area contributed by atoms with Gasteiger partial charge in [-0.3, -0.25) is 14.5 Å². The Morgan fingerprint density at radius 3 is 2.85 bits per heavy atom. The molecule has 8 rings (SSSR count). The molecule has 0 atom stereocenters. The van der Waals surface area contributed by atoms with Crippen LogP contribution in [-0.2, 0) is 23.3 Å². The van der Waals surface area contributed by atoms with Gasteiger partial charge in [-0.2, -0.15) is 4.98 Å². The molecule has 3 aromatic heterocycles. The zero-order valence-corrected chi connectivity index (χ0v) is 22.1. The second-order valence-corrected chi connectivity index (χ2v) is 11.2. The first kappa shape index (κ1) is 23.4. The number of ether oxygens (including phenoxy) is 1. The highest BCUT2D eigenvalue weighted by molar-refractivity contribution is 5.96. The van der Waals surface area contributed by atoms with E-state index in [9.17, 15) is 9.59 Å². The lowest BCUT2D eigenvalue weighted by atomic mass is 9.87. The Kier molecular flexibility index (Phi) is 4.96. The second kappa shape index (κ2) is 8.49. The first-order valence-corrected chi connectivity index (χ1v) is 13.7. The molecule has 1 fully saturated rings. The van der Waals surface area contributed by atoms with Gasteiger partial charge in [0.1, 0.15) is 5.39 Å². The van der Waals surface area contributed by atoms with E-state index < -0.39 is 0 Å². The van der Waals surface area contributed by atoms with E-state index in [4.69, 9.17) is 14.7 Å². The van der Waals surface area contributed by atoms with Gasteiger partial charge >= 0.3 is 0 Å². The monoisotopic (exact) mass is 536 g/mol. The largest absolute Gasteiger partial charge is 0.480 e. The number of nitrogens with one attached hydrogen (secondary N) is 1. The van der Waals surface area contributed by atoms with Crippen LogP contribution in [0, 0.1) is 0 Å². The molecule has 1 spiro atoms. The number of likely N-dealkylation sites (N-methyl/N-ethyl adjacent to an activating group) is 1. The zero-order valence-electron chi connectivity index (χ0n) is 22.1. The third kappa shape index (κ3) is 3.57. The number of allylic oxidation sites excluding steroid dienone is 1. The van der Waals surface area contributed by atoms with Crippen LogP contribution in [0.25, 0.3) is 16.9 Å². The van der Waals surface area contributed by atoms with Crippen LogP contribution in [0.5, 0.6) is 5.75 Å². The molecule has 11 nitrogen and oxygen atoms in total. The van der Waals surface area contributed by atoms with Crippen molar-refractivity contribution in [1.82, 2.24) is 29.2 Å². The van der Waals surface area contributed by atoms with E-state index in [1.807, 2.05) is 12.2 Å². The van der Waals surface area contributed by atoms with Crippen molar-refractivity contribution in [3.8, 4) is 11.6 Å². The van der Waals surface area contributed by atoms with Crippen molar-refractivity contribution >= 4 is 34.4 Å². The van der Waals surface area contributed by atoms with Gasteiger partial charge in [-0.05, 0) is 61.7 Å². The quantitative estimate of drug-likeness (QED) is 0.390. The van der Waals surface area contributed by atoms with Gasteiger partial charge in [0, 0.05) is 36.9 Å². The third-order valence-corrected chi connectivity index (χ3v) is 8.39. The van der Waals surface area contributed by atoms with Crippen LogP contribution in [0.15, 0.2) is 53.5 Å². The fourth-order valence-electron chi connectivity index (χ4n) is 6.37. The summed E-state index contributed by atoms with van der Waals surface area (Å²) in [6.07, 6.45) is 8.60. The summed E-state index contributed by atoms with van der Waals surface area (Å²) in [6.45, 7) is 2.83. The number of anilines is 3. The number of rotatable bonds is 2. The van der Waals surface area contributed by atoms with Crippen molar-refractivity contribution in [3.05, 3.63) is 70.2 Å². The minimum Gasteiger partial charge on any atom is -0.480 e. The van der Waals surface area contributed by atoms with Crippen molar-refractivity contribution in [2.75, 3.05) is 37.0 Å². The Balaban J connectivity index is 1.23. The Morgan fingerprint density at radius 2 is 1.98 bits per heavy atom. The van der Waals surface area contributed by atoms with Crippen molar-refractivity contribution in [3.63, 3.8) is 0 Å². The van der Waals surface area contributed by atoms with Crippen LogP contribution in [-0.4, -0.2) is 61.9 Å². The number of nitrogens with zero attached hydrogens (tertiary/aromatic N) is 7. The molecule has 40 heavy (non-hydrogen) atoms. The highest BCUT2D eigenvalue weighted by atomic mass is 16.5. The van der Waals surface area contributed by atoms with Gasteiger partial charge in [0.25, 0.3) is 11.5 Å². The van der Waals surface area contributed by atoms with Crippen LogP contribution in [0.3, 0.4) is 0 Å². The maximum Gasteiger partial charge on any atom is 0.278 e. The molecule has 0 saturated heterocycles. The van der Waals surface area contributed by atoms with Crippen LogP contribution in [0.1, 0.15) is 30.4 Å². The number of carbonyl (C=O) groups is 1. The Hall–Kier alpha value is -4.51. The van der Waals surface area contributed by atoms with Gasteiger partial charge in [-0.15, -0.1) is 0 Å². The fourth-order valence-corrected chi connectivity index (χ4v) is 6.37. The van der Waals surface area contributed by atoms with Crippen molar-refractivity contribution < 1.29 is 9.53 Å². The lowest BCUT2D eigenvalue weighted by molar-refractivity contribution is -0.121. The minimum atomic E-state index is -0.208. The summed E-state index contributed by atoms with van der Waals surface area (Å²) < 4.78 is 8.94. The van der Waals surface area contributed by atoms with Gasteiger partial charge in [0.15, 0.2) is 29.6 Å². The lowest BCUT2D eigenvalue weighted by Crippen LogP contribution is -2.40. The zero-order chi connectivity index (χ0) is 27.0. The molecule has 2 bridgehead atoms. The van der Waals surface area contributed by atoms with Gasteiger partial charge in [0.2, 0.25) is 5.95 Å². The summed E-state index contributed by atoms with van der Waals surface area (Å²) in [5.74, 6) is 1.71. The maximum atomic E-state index is 13.5. The number of hydrogen-bond acceptors (Lipinski definition) is 8. The number of amides is 1. The van der Waals surface area contributed by atoms with Crippen molar-refractivity contribution in [2.45, 2.75) is 37.8 Å². The number of aromatic nitrogens is 5. The summed E-state index contributed by atoms with van der Waals surface area (Å²) in [6, 6.07) is 10.1. The normalized spacial score (nSPS) is 19.9. The molecule has 1 aliphatic carbocycles. The second-order valence-electron chi connectivity index (χ2n) is 11.2.